The number of halogens is 4. The van der Waals surface area contributed by atoms with Gasteiger partial charge in [-0.3, -0.25) is 0 Å². The molecule has 2 aromatic rings. The lowest BCUT2D eigenvalue weighted by atomic mass is 10.0. The first-order chi connectivity index (χ1) is 11.5. The Morgan fingerprint density at radius 2 is 1.88 bits per heavy atom. The van der Waals surface area contributed by atoms with Crippen molar-refractivity contribution in [2.45, 2.75) is 30.6 Å². The van der Waals surface area contributed by atoms with Crippen molar-refractivity contribution < 1.29 is 21.6 Å². The fourth-order valence-electron chi connectivity index (χ4n) is 2.26. The van der Waals surface area contributed by atoms with E-state index in [1.165, 1.54) is 24.3 Å². The second-order valence-electron chi connectivity index (χ2n) is 5.54. The number of nitrogens with one attached hydrogen (secondary N) is 1. The predicted octanol–water partition coefficient (Wildman–Crippen LogP) is 3.86. The third kappa shape index (κ3) is 5.18. The lowest BCUT2D eigenvalue weighted by Gasteiger charge is -2.16. The third-order valence-electron chi connectivity index (χ3n) is 3.63. The van der Waals surface area contributed by atoms with Crippen LogP contribution in [0.2, 0.25) is 5.02 Å². The summed E-state index contributed by atoms with van der Waals surface area (Å²) in [4.78, 5) is -0.177. The maximum absolute atomic E-state index is 12.8. The van der Waals surface area contributed by atoms with Crippen molar-refractivity contribution in [3.63, 3.8) is 0 Å². The molecule has 0 saturated heterocycles. The number of nitrogens with two attached hydrogens (primary N) is 1. The molecular weight excluding hydrogens is 377 g/mol. The van der Waals surface area contributed by atoms with Crippen molar-refractivity contribution in [2.24, 2.45) is 5.14 Å². The standard InChI is InChI=1S/C16H16ClF3N2O2S/c1-10(12-3-2-4-13(8-12)16(18,19)20)22-9-11-5-6-15(14(17)7-11)25(21,23)24/h2-8,10,22H,9H2,1H3,(H2,21,23,24). The smallest absolute Gasteiger partial charge is 0.306 e. The number of hydrogen-bond donors (Lipinski definition) is 2. The quantitative estimate of drug-likeness (QED) is 0.811. The zero-order valence-corrected chi connectivity index (χ0v) is 14.7. The summed E-state index contributed by atoms with van der Waals surface area (Å²) in [7, 11) is -3.90. The molecule has 3 N–H and O–H groups in total. The van der Waals surface area contributed by atoms with Crippen LogP contribution in [-0.2, 0) is 22.7 Å². The molecule has 1 unspecified atom stereocenters. The van der Waals surface area contributed by atoms with Crippen LogP contribution < -0.4 is 10.5 Å². The normalized spacial score (nSPS) is 13.7. The molecule has 0 heterocycles. The largest absolute Gasteiger partial charge is 0.416 e. The molecule has 25 heavy (non-hydrogen) atoms. The molecule has 0 aliphatic rings. The van der Waals surface area contributed by atoms with Gasteiger partial charge < -0.3 is 5.32 Å². The van der Waals surface area contributed by atoms with E-state index in [-0.39, 0.29) is 16.0 Å². The number of alkyl halides is 3. The summed E-state index contributed by atoms with van der Waals surface area (Å²) in [6.45, 7) is 2.03. The molecule has 0 aliphatic carbocycles. The van der Waals surface area contributed by atoms with Gasteiger partial charge in [0.2, 0.25) is 10.0 Å². The van der Waals surface area contributed by atoms with E-state index in [1.807, 2.05) is 0 Å². The van der Waals surface area contributed by atoms with Crippen LogP contribution in [0.15, 0.2) is 47.4 Å². The van der Waals surface area contributed by atoms with Crippen LogP contribution in [0, 0.1) is 0 Å². The highest BCUT2D eigenvalue weighted by molar-refractivity contribution is 7.89. The van der Waals surface area contributed by atoms with Gasteiger partial charge in [0.15, 0.2) is 0 Å². The molecular formula is C16H16ClF3N2O2S. The van der Waals surface area contributed by atoms with Crippen LogP contribution >= 0.6 is 11.6 Å². The Morgan fingerprint density at radius 1 is 1.20 bits per heavy atom. The van der Waals surface area contributed by atoms with E-state index in [9.17, 15) is 21.6 Å². The van der Waals surface area contributed by atoms with Gasteiger partial charge in [0.05, 0.1) is 10.6 Å². The number of sulfonamides is 1. The number of hydrogen-bond acceptors (Lipinski definition) is 3. The lowest BCUT2D eigenvalue weighted by Crippen LogP contribution is -2.19. The van der Waals surface area contributed by atoms with Gasteiger partial charge in [-0.2, -0.15) is 13.2 Å². The van der Waals surface area contributed by atoms with E-state index in [2.05, 4.69) is 5.32 Å². The lowest BCUT2D eigenvalue weighted by molar-refractivity contribution is -0.137. The van der Waals surface area contributed by atoms with Crippen molar-refractivity contribution in [1.82, 2.24) is 5.32 Å². The van der Waals surface area contributed by atoms with Crippen LogP contribution in [0.25, 0.3) is 0 Å². The van der Waals surface area contributed by atoms with Crippen LogP contribution in [0.3, 0.4) is 0 Å². The van der Waals surface area contributed by atoms with Gasteiger partial charge >= 0.3 is 6.18 Å². The van der Waals surface area contributed by atoms with E-state index < -0.39 is 21.8 Å². The molecule has 4 nitrogen and oxygen atoms in total. The summed E-state index contributed by atoms with van der Waals surface area (Å²) in [6.07, 6.45) is -4.40. The zero-order valence-electron chi connectivity index (χ0n) is 13.1. The van der Waals surface area contributed by atoms with Crippen molar-refractivity contribution in [3.05, 3.63) is 64.2 Å². The first kappa shape index (κ1) is 19.7. The average molecular weight is 393 g/mol. The van der Waals surface area contributed by atoms with Crippen molar-refractivity contribution in [1.29, 1.82) is 0 Å². The maximum atomic E-state index is 12.8. The fraction of sp³-hybridized carbons (Fsp3) is 0.250. The van der Waals surface area contributed by atoms with Crippen molar-refractivity contribution >= 4 is 21.6 Å². The Kier molecular flexibility index (Phi) is 5.78. The fourth-order valence-corrected chi connectivity index (χ4v) is 3.37. The van der Waals surface area contributed by atoms with E-state index >= 15 is 0 Å². The molecule has 0 amide bonds. The average Bonchev–Trinajstić information content (AvgIpc) is 2.50. The number of primary sulfonamides is 1. The molecule has 0 aromatic heterocycles. The highest BCUT2D eigenvalue weighted by Gasteiger charge is 2.30. The second kappa shape index (κ2) is 7.33. The first-order valence-corrected chi connectivity index (χ1v) is 9.12. The summed E-state index contributed by atoms with van der Waals surface area (Å²) < 4.78 is 60.9. The summed E-state index contributed by atoms with van der Waals surface area (Å²) in [5.41, 5.74) is 0.456. The van der Waals surface area contributed by atoms with E-state index in [4.69, 9.17) is 16.7 Å². The third-order valence-corrected chi connectivity index (χ3v) is 5.02. The summed E-state index contributed by atoms with van der Waals surface area (Å²) in [5.74, 6) is 0. The molecule has 2 aromatic carbocycles. The molecule has 0 spiro atoms. The van der Waals surface area contributed by atoms with Crippen molar-refractivity contribution in [3.8, 4) is 0 Å². The molecule has 2 rings (SSSR count). The van der Waals surface area contributed by atoms with Crippen LogP contribution in [-0.4, -0.2) is 8.42 Å². The molecule has 0 saturated carbocycles. The van der Waals surface area contributed by atoms with E-state index in [0.29, 0.717) is 17.7 Å². The molecule has 0 aliphatic heterocycles. The zero-order chi connectivity index (χ0) is 18.8. The van der Waals surface area contributed by atoms with Crippen molar-refractivity contribution in [2.75, 3.05) is 0 Å². The highest BCUT2D eigenvalue weighted by Crippen LogP contribution is 2.30. The Bertz CT molecular complexity index is 870. The predicted molar refractivity (Wildman–Crippen MR) is 89.5 cm³/mol. The monoisotopic (exact) mass is 392 g/mol. The highest BCUT2D eigenvalue weighted by atomic mass is 35.5. The maximum Gasteiger partial charge on any atom is 0.416 e. The molecule has 0 bridgehead atoms. The Morgan fingerprint density at radius 3 is 2.44 bits per heavy atom. The minimum Gasteiger partial charge on any atom is -0.306 e. The molecule has 136 valence electrons. The molecule has 1 atom stereocenters. The van der Waals surface area contributed by atoms with Crippen LogP contribution in [0.1, 0.15) is 29.7 Å². The second-order valence-corrected chi connectivity index (χ2v) is 7.47. The summed E-state index contributed by atoms with van der Waals surface area (Å²) >= 11 is 5.91. The minimum absolute atomic E-state index is 0.00600. The first-order valence-electron chi connectivity index (χ1n) is 7.20. The van der Waals surface area contributed by atoms with Gasteiger partial charge in [0, 0.05) is 12.6 Å². The molecule has 0 radical (unpaired) electrons. The molecule has 9 heteroatoms. The van der Waals surface area contributed by atoms with E-state index in [0.717, 1.165) is 12.1 Å². The Balaban J connectivity index is 2.10. The summed E-state index contributed by atoms with van der Waals surface area (Å²) in [5, 5.41) is 8.10. The van der Waals surface area contributed by atoms with Gasteiger partial charge in [-0.15, -0.1) is 0 Å². The number of rotatable bonds is 5. The molecule has 0 fully saturated rings. The Labute approximate surface area is 148 Å². The summed E-state index contributed by atoms with van der Waals surface area (Å²) in [6, 6.07) is 9.00. The van der Waals surface area contributed by atoms with E-state index in [1.54, 1.807) is 13.0 Å². The van der Waals surface area contributed by atoms with Gasteiger partial charge in [0.1, 0.15) is 4.90 Å². The Hall–Kier alpha value is -1.61. The number of benzene rings is 2. The topological polar surface area (TPSA) is 72.2 Å². The van der Waals surface area contributed by atoms with Gasteiger partial charge in [-0.05, 0) is 42.3 Å². The minimum atomic E-state index is -4.40. The van der Waals surface area contributed by atoms with Gasteiger partial charge in [0.25, 0.3) is 0 Å². The van der Waals surface area contributed by atoms with Gasteiger partial charge in [-0.25, -0.2) is 13.6 Å². The van der Waals surface area contributed by atoms with Crippen LogP contribution in [0.4, 0.5) is 13.2 Å². The SMILES string of the molecule is CC(NCc1ccc(S(N)(=O)=O)c(Cl)c1)c1cccc(C(F)(F)F)c1. The van der Waals surface area contributed by atoms with Crippen LogP contribution in [0.5, 0.6) is 0 Å². The van der Waals surface area contributed by atoms with Gasteiger partial charge in [-0.1, -0.05) is 29.8 Å².